The van der Waals surface area contributed by atoms with Crippen LogP contribution < -0.4 is 16.0 Å². The first-order valence-corrected chi connectivity index (χ1v) is 11.0. The summed E-state index contributed by atoms with van der Waals surface area (Å²) in [5.41, 5.74) is 12.6. The first-order chi connectivity index (χ1) is 13.3. The van der Waals surface area contributed by atoms with Crippen LogP contribution in [0.2, 0.25) is 0 Å². The number of nitrogens with two attached hydrogens (primary N) is 1. The van der Waals surface area contributed by atoms with Gasteiger partial charge in [-0.3, -0.25) is 0 Å². The van der Waals surface area contributed by atoms with Crippen LogP contribution in [0.3, 0.4) is 0 Å². The van der Waals surface area contributed by atoms with E-state index in [0.717, 1.165) is 25.2 Å². The van der Waals surface area contributed by atoms with Gasteiger partial charge in [0.1, 0.15) is 0 Å². The Hall–Kier alpha value is -2.14. The molecule has 1 aliphatic carbocycles. The lowest BCUT2D eigenvalue weighted by molar-refractivity contribution is 0.687. The van der Waals surface area contributed by atoms with Crippen LogP contribution in [-0.4, -0.2) is 30.6 Å². The predicted octanol–water partition coefficient (Wildman–Crippen LogP) is 4.05. The number of aliphatic imine (C=N–C) groups is 1. The fourth-order valence-electron chi connectivity index (χ4n) is 3.89. The SMILES string of the molecule is NC(=NCc1ccc(N2CCSCC2)cc1)Nc1cccc2c1CCCC2. The molecule has 0 radical (unpaired) electrons. The molecule has 4 rings (SSSR count). The Morgan fingerprint density at radius 3 is 2.63 bits per heavy atom. The number of rotatable bonds is 4. The molecule has 4 nitrogen and oxygen atoms in total. The summed E-state index contributed by atoms with van der Waals surface area (Å²) >= 11 is 2.04. The molecule has 2 aromatic rings. The van der Waals surface area contributed by atoms with Crippen molar-refractivity contribution in [2.75, 3.05) is 34.8 Å². The van der Waals surface area contributed by atoms with E-state index in [1.165, 1.54) is 53.1 Å². The summed E-state index contributed by atoms with van der Waals surface area (Å²) in [6.45, 7) is 2.88. The number of guanidine groups is 1. The zero-order chi connectivity index (χ0) is 18.5. The molecule has 1 heterocycles. The summed E-state index contributed by atoms with van der Waals surface area (Å²) in [5.74, 6) is 2.93. The number of hydrogen-bond donors (Lipinski definition) is 2. The number of benzene rings is 2. The van der Waals surface area contributed by atoms with Gasteiger partial charge in [0.25, 0.3) is 0 Å². The molecule has 1 fully saturated rings. The van der Waals surface area contributed by atoms with Crippen molar-refractivity contribution >= 4 is 29.1 Å². The number of aryl methyl sites for hydroxylation is 1. The first-order valence-electron chi connectivity index (χ1n) is 9.89. The highest BCUT2D eigenvalue weighted by Gasteiger charge is 2.13. The Kier molecular flexibility index (Phi) is 5.87. The second-order valence-electron chi connectivity index (χ2n) is 7.24. The Balaban J connectivity index is 1.38. The third kappa shape index (κ3) is 4.59. The molecular formula is C22H28N4S. The molecule has 0 atom stereocenters. The average molecular weight is 381 g/mol. The fourth-order valence-corrected chi connectivity index (χ4v) is 4.79. The van der Waals surface area contributed by atoms with Gasteiger partial charge < -0.3 is 16.0 Å². The quantitative estimate of drug-likeness (QED) is 0.621. The number of hydrogen-bond acceptors (Lipinski definition) is 3. The van der Waals surface area contributed by atoms with Crippen LogP contribution in [0.5, 0.6) is 0 Å². The second-order valence-corrected chi connectivity index (χ2v) is 8.47. The lowest BCUT2D eigenvalue weighted by Crippen LogP contribution is -2.32. The van der Waals surface area contributed by atoms with E-state index in [1.54, 1.807) is 0 Å². The van der Waals surface area contributed by atoms with Gasteiger partial charge in [0.05, 0.1) is 6.54 Å². The van der Waals surface area contributed by atoms with Gasteiger partial charge in [-0.15, -0.1) is 0 Å². The van der Waals surface area contributed by atoms with E-state index < -0.39 is 0 Å². The average Bonchev–Trinajstić information content (AvgIpc) is 2.74. The minimum Gasteiger partial charge on any atom is -0.370 e. The maximum absolute atomic E-state index is 6.16. The zero-order valence-electron chi connectivity index (χ0n) is 15.8. The van der Waals surface area contributed by atoms with Crippen LogP contribution in [0.1, 0.15) is 29.5 Å². The van der Waals surface area contributed by atoms with Crippen LogP contribution in [0, 0.1) is 0 Å². The monoisotopic (exact) mass is 380 g/mol. The molecule has 0 spiro atoms. The molecule has 2 aromatic carbocycles. The molecule has 0 unspecified atom stereocenters. The lowest BCUT2D eigenvalue weighted by Gasteiger charge is -2.28. The first kappa shape index (κ1) is 18.2. The van der Waals surface area contributed by atoms with Crippen molar-refractivity contribution < 1.29 is 0 Å². The standard InChI is InChI=1S/C22H28N4S/c23-22(25-21-7-3-5-18-4-1-2-6-20(18)21)24-16-17-8-10-19(11-9-17)26-12-14-27-15-13-26/h3,5,7-11H,1-2,4,6,12-16H2,(H3,23,24,25). The van der Waals surface area contributed by atoms with Crippen LogP contribution in [-0.2, 0) is 19.4 Å². The molecule has 0 amide bonds. The van der Waals surface area contributed by atoms with E-state index >= 15 is 0 Å². The molecule has 1 saturated heterocycles. The van der Waals surface area contributed by atoms with Crippen molar-refractivity contribution in [3.8, 4) is 0 Å². The van der Waals surface area contributed by atoms with Crippen molar-refractivity contribution in [3.05, 3.63) is 59.2 Å². The van der Waals surface area contributed by atoms with Gasteiger partial charge in [-0.05, 0) is 60.6 Å². The van der Waals surface area contributed by atoms with Crippen LogP contribution in [0.25, 0.3) is 0 Å². The minimum absolute atomic E-state index is 0.492. The fraction of sp³-hybridized carbons (Fsp3) is 0.409. The van der Waals surface area contributed by atoms with E-state index in [9.17, 15) is 0 Å². The smallest absolute Gasteiger partial charge is 0.193 e. The van der Waals surface area contributed by atoms with Crippen molar-refractivity contribution in [2.24, 2.45) is 10.7 Å². The van der Waals surface area contributed by atoms with Crippen molar-refractivity contribution in [1.82, 2.24) is 0 Å². The van der Waals surface area contributed by atoms with E-state index in [-0.39, 0.29) is 0 Å². The number of thioether (sulfide) groups is 1. The number of fused-ring (bicyclic) bond motifs is 1. The molecule has 0 aromatic heterocycles. The maximum Gasteiger partial charge on any atom is 0.193 e. The highest BCUT2D eigenvalue weighted by molar-refractivity contribution is 7.99. The third-order valence-electron chi connectivity index (χ3n) is 5.40. The Morgan fingerprint density at radius 2 is 1.81 bits per heavy atom. The van der Waals surface area contributed by atoms with Crippen molar-refractivity contribution in [3.63, 3.8) is 0 Å². The predicted molar refractivity (Wildman–Crippen MR) is 118 cm³/mol. The molecule has 142 valence electrons. The molecule has 2 aliphatic rings. The maximum atomic E-state index is 6.16. The summed E-state index contributed by atoms with van der Waals surface area (Å²) in [4.78, 5) is 7.00. The molecule has 5 heteroatoms. The van der Waals surface area contributed by atoms with Crippen molar-refractivity contribution in [1.29, 1.82) is 0 Å². The van der Waals surface area contributed by atoms with Crippen LogP contribution >= 0.6 is 11.8 Å². The summed E-state index contributed by atoms with van der Waals surface area (Å²) < 4.78 is 0. The van der Waals surface area contributed by atoms with Crippen LogP contribution in [0.15, 0.2) is 47.5 Å². The molecule has 0 saturated carbocycles. The van der Waals surface area contributed by atoms with E-state index in [1.807, 2.05) is 11.8 Å². The van der Waals surface area contributed by atoms with Crippen molar-refractivity contribution in [2.45, 2.75) is 32.2 Å². The van der Waals surface area contributed by atoms with E-state index in [2.05, 4.69) is 57.7 Å². The minimum atomic E-state index is 0.492. The van der Waals surface area contributed by atoms with Gasteiger partial charge >= 0.3 is 0 Å². The number of nitrogens with zero attached hydrogens (tertiary/aromatic N) is 2. The Bertz CT molecular complexity index is 794. The van der Waals surface area contributed by atoms with Gasteiger partial charge in [-0.25, -0.2) is 4.99 Å². The van der Waals surface area contributed by atoms with Gasteiger partial charge in [0.15, 0.2) is 5.96 Å². The van der Waals surface area contributed by atoms with Crippen LogP contribution in [0.4, 0.5) is 11.4 Å². The van der Waals surface area contributed by atoms with Gasteiger partial charge in [-0.1, -0.05) is 24.3 Å². The topological polar surface area (TPSA) is 53.6 Å². The molecule has 0 bridgehead atoms. The normalized spacial score (nSPS) is 17.5. The molecular weight excluding hydrogens is 352 g/mol. The molecule has 1 aliphatic heterocycles. The summed E-state index contributed by atoms with van der Waals surface area (Å²) in [6, 6.07) is 15.2. The molecule has 3 N–H and O–H groups in total. The van der Waals surface area contributed by atoms with Gasteiger partial charge in [-0.2, -0.15) is 11.8 Å². The number of nitrogens with one attached hydrogen (secondary N) is 1. The number of anilines is 2. The highest BCUT2D eigenvalue weighted by atomic mass is 32.2. The van der Waals surface area contributed by atoms with Gasteiger partial charge in [0.2, 0.25) is 0 Å². The summed E-state index contributed by atoms with van der Waals surface area (Å²) in [5, 5.41) is 3.32. The van der Waals surface area contributed by atoms with Gasteiger partial charge in [0, 0.05) is 36.0 Å². The largest absolute Gasteiger partial charge is 0.370 e. The summed E-state index contributed by atoms with van der Waals surface area (Å²) in [7, 11) is 0. The third-order valence-corrected chi connectivity index (χ3v) is 6.35. The lowest BCUT2D eigenvalue weighted by atomic mass is 9.90. The zero-order valence-corrected chi connectivity index (χ0v) is 16.6. The van der Waals surface area contributed by atoms with E-state index in [4.69, 9.17) is 5.73 Å². The highest BCUT2D eigenvalue weighted by Crippen LogP contribution is 2.27. The Morgan fingerprint density at radius 1 is 1.04 bits per heavy atom. The molecule has 27 heavy (non-hydrogen) atoms. The Labute approximate surface area is 166 Å². The van der Waals surface area contributed by atoms with E-state index in [0.29, 0.717) is 12.5 Å². The second kappa shape index (κ2) is 8.70. The summed E-state index contributed by atoms with van der Waals surface area (Å²) in [6.07, 6.45) is 4.84.